The maximum absolute atomic E-state index is 4.81. The maximum Gasteiger partial charge on any atom is 0.190 e. The average molecular weight is 392 g/mol. The Bertz CT molecular complexity index is 696. The summed E-state index contributed by atoms with van der Waals surface area (Å²) in [5.74, 6) is 1.08. The van der Waals surface area contributed by atoms with Crippen LogP contribution in [0.15, 0.2) is 5.16 Å². The molecule has 0 bridgehead atoms. The predicted octanol–water partition coefficient (Wildman–Crippen LogP) is 6.84. The van der Waals surface area contributed by atoms with Gasteiger partial charge in [0, 0.05) is 11.4 Å². The van der Waals surface area contributed by atoms with Gasteiger partial charge in [-0.25, -0.2) is 9.97 Å². The van der Waals surface area contributed by atoms with E-state index in [1.165, 1.54) is 92.8 Å². The van der Waals surface area contributed by atoms with Gasteiger partial charge in [-0.05, 0) is 43.9 Å². The van der Waals surface area contributed by atoms with Crippen molar-refractivity contribution in [2.75, 3.05) is 18.1 Å². The van der Waals surface area contributed by atoms with E-state index in [1.807, 2.05) is 11.3 Å². The minimum absolute atomic E-state index is 0.898. The zero-order chi connectivity index (χ0) is 18.2. The normalized spacial score (nSPS) is 13.9. The number of aromatic nitrogens is 2. The fourth-order valence-electron chi connectivity index (χ4n) is 3.82. The molecule has 1 aliphatic carbocycles. The predicted molar refractivity (Wildman–Crippen MR) is 117 cm³/mol. The highest BCUT2D eigenvalue weighted by molar-refractivity contribution is 7.98. The standard InChI is InChI=1S/C21H33N3S2/c1-3-4-5-6-7-8-9-12-15-22-19-18-16-13-10-11-14-17(16)26-20(18)24-21(23-19)25-2/h3-15H2,1-2H3,(H,22,23,24). The van der Waals surface area contributed by atoms with Gasteiger partial charge >= 0.3 is 0 Å². The average Bonchev–Trinajstić information content (AvgIpc) is 3.05. The summed E-state index contributed by atoms with van der Waals surface area (Å²) in [6.07, 6.45) is 18.0. The third kappa shape index (κ3) is 5.13. The van der Waals surface area contributed by atoms with Crippen LogP contribution in [0.1, 0.15) is 81.6 Å². The molecule has 0 unspecified atom stereocenters. The number of thiophene rings is 1. The van der Waals surface area contributed by atoms with Crippen molar-refractivity contribution in [2.45, 2.75) is 89.1 Å². The molecule has 0 saturated heterocycles. The van der Waals surface area contributed by atoms with Gasteiger partial charge in [0.25, 0.3) is 0 Å². The zero-order valence-corrected chi connectivity index (χ0v) is 18.0. The summed E-state index contributed by atoms with van der Waals surface area (Å²) < 4.78 is 0. The first kappa shape index (κ1) is 19.9. The molecule has 26 heavy (non-hydrogen) atoms. The molecular formula is C21H33N3S2. The highest BCUT2D eigenvalue weighted by atomic mass is 32.2. The molecule has 1 aliphatic rings. The lowest BCUT2D eigenvalue weighted by Gasteiger charge is -2.13. The lowest BCUT2D eigenvalue weighted by molar-refractivity contribution is 0.581. The summed E-state index contributed by atoms with van der Waals surface area (Å²) in [4.78, 5) is 12.3. The van der Waals surface area contributed by atoms with Crippen LogP contribution in [0, 0.1) is 0 Å². The van der Waals surface area contributed by atoms with Crippen LogP contribution in [0.5, 0.6) is 0 Å². The maximum atomic E-state index is 4.81. The quantitative estimate of drug-likeness (QED) is 0.258. The Kier molecular flexibility index (Phi) is 8.06. The monoisotopic (exact) mass is 391 g/mol. The Balaban J connectivity index is 1.56. The molecule has 5 heteroatoms. The van der Waals surface area contributed by atoms with Gasteiger partial charge in [-0.2, -0.15) is 0 Å². The van der Waals surface area contributed by atoms with Crippen molar-refractivity contribution in [3.63, 3.8) is 0 Å². The molecule has 2 aromatic rings. The van der Waals surface area contributed by atoms with Crippen LogP contribution in [-0.2, 0) is 12.8 Å². The number of hydrogen-bond acceptors (Lipinski definition) is 5. The minimum atomic E-state index is 0.898. The fourth-order valence-corrected chi connectivity index (χ4v) is 5.51. The number of hydrogen-bond donors (Lipinski definition) is 1. The van der Waals surface area contributed by atoms with Crippen molar-refractivity contribution in [3.8, 4) is 0 Å². The lowest BCUT2D eigenvalue weighted by Crippen LogP contribution is -2.06. The smallest absolute Gasteiger partial charge is 0.190 e. The summed E-state index contributed by atoms with van der Waals surface area (Å²) in [5.41, 5.74) is 1.53. The van der Waals surface area contributed by atoms with E-state index in [1.54, 1.807) is 16.6 Å². The molecule has 0 radical (unpaired) electrons. The Morgan fingerprint density at radius 1 is 0.962 bits per heavy atom. The van der Waals surface area contributed by atoms with Gasteiger partial charge in [0.05, 0.1) is 5.39 Å². The van der Waals surface area contributed by atoms with Crippen LogP contribution in [0.4, 0.5) is 5.82 Å². The zero-order valence-electron chi connectivity index (χ0n) is 16.4. The highest BCUT2D eigenvalue weighted by Gasteiger charge is 2.20. The molecule has 0 aliphatic heterocycles. The van der Waals surface area contributed by atoms with E-state index in [0.29, 0.717) is 0 Å². The van der Waals surface area contributed by atoms with E-state index in [2.05, 4.69) is 18.5 Å². The van der Waals surface area contributed by atoms with Gasteiger partial charge in [0.1, 0.15) is 10.6 Å². The van der Waals surface area contributed by atoms with Crippen LogP contribution in [0.3, 0.4) is 0 Å². The van der Waals surface area contributed by atoms with Crippen LogP contribution in [0.25, 0.3) is 10.2 Å². The van der Waals surface area contributed by atoms with Crippen molar-refractivity contribution in [3.05, 3.63) is 10.4 Å². The summed E-state index contributed by atoms with van der Waals surface area (Å²) in [6.45, 7) is 3.31. The number of nitrogens with one attached hydrogen (secondary N) is 1. The first-order valence-corrected chi connectivity index (χ1v) is 12.5. The van der Waals surface area contributed by atoms with Crippen LogP contribution < -0.4 is 5.32 Å². The molecule has 0 amide bonds. The number of fused-ring (bicyclic) bond motifs is 3. The van der Waals surface area contributed by atoms with E-state index in [-0.39, 0.29) is 0 Å². The molecule has 2 heterocycles. The van der Waals surface area contributed by atoms with Gasteiger partial charge < -0.3 is 5.32 Å². The van der Waals surface area contributed by atoms with E-state index >= 15 is 0 Å². The number of nitrogens with zero attached hydrogens (tertiary/aromatic N) is 2. The Morgan fingerprint density at radius 2 is 1.69 bits per heavy atom. The largest absolute Gasteiger partial charge is 0.369 e. The molecule has 1 N–H and O–H groups in total. The van der Waals surface area contributed by atoms with E-state index < -0.39 is 0 Å². The molecule has 144 valence electrons. The molecule has 3 nitrogen and oxygen atoms in total. The first-order chi connectivity index (χ1) is 12.8. The Hall–Kier alpha value is -0.810. The second kappa shape index (κ2) is 10.5. The summed E-state index contributed by atoms with van der Waals surface area (Å²) in [5, 5.41) is 5.87. The molecule has 0 fully saturated rings. The molecule has 0 saturated carbocycles. The number of aryl methyl sites for hydroxylation is 2. The van der Waals surface area contributed by atoms with Crippen molar-refractivity contribution in [1.82, 2.24) is 9.97 Å². The third-order valence-electron chi connectivity index (χ3n) is 5.30. The van der Waals surface area contributed by atoms with Gasteiger partial charge in [-0.15, -0.1) is 11.3 Å². The number of anilines is 1. The Labute approximate surface area is 166 Å². The van der Waals surface area contributed by atoms with Gasteiger partial charge in [0.2, 0.25) is 0 Å². The van der Waals surface area contributed by atoms with E-state index in [0.717, 1.165) is 17.5 Å². The van der Waals surface area contributed by atoms with E-state index in [4.69, 9.17) is 9.97 Å². The van der Waals surface area contributed by atoms with Gasteiger partial charge in [0.15, 0.2) is 5.16 Å². The van der Waals surface area contributed by atoms with Gasteiger partial charge in [-0.1, -0.05) is 63.6 Å². The topological polar surface area (TPSA) is 37.8 Å². The summed E-state index contributed by atoms with van der Waals surface area (Å²) in [7, 11) is 0. The SMILES string of the molecule is CCCCCCCCCCNc1nc(SC)nc2sc3c(c12)CCCC3. The van der Waals surface area contributed by atoms with Crippen LogP contribution in [-0.4, -0.2) is 22.8 Å². The summed E-state index contributed by atoms with van der Waals surface area (Å²) in [6, 6.07) is 0. The Morgan fingerprint density at radius 3 is 2.46 bits per heavy atom. The van der Waals surface area contributed by atoms with Crippen molar-refractivity contribution in [2.24, 2.45) is 0 Å². The number of rotatable bonds is 11. The molecule has 0 spiro atoms. The highest BCUT2D eigenvalue weighted by Crippen LogP contribution is 2.39. The number of unbranched alkanes of at least 4 members (excludes halogenated alkanes) is 7. The molecular weight excluding hydrogens is 358 g/mol. The molecule has 0 atom stereocenters. The van der Waals surface area contributed by atoms with Gasteiger partial charge in [-0.3, -0.25) is 0 Å². The van der Waals surface area contributed by atoms with Crippen molar-refractivity contribution in [1.29, 1.82) is 0 Å². The second-order valence-electron chi connectivity index (χ2n) is 7.35. The molecule has 3 rings (SSSR count). The van der Waals surface area contributed by atoms with E-state index in [9.17, 15) is 0 Å². The van der Waals surface area contributed by atoms with Crippen molar-refractivity contribution < 1.29 is 0 Å². The van der Waals surface area contributed by atoms with Crippen LogP contribution >= 0.6 is 23.1 Å². The van der Waals surface area contributed by atoms with Crippen molar-refractivity contribution >= 4 is 39.1 Å². The first-order valence-electron chi connectivity index (χ1n) is 10.4. The minimum Gasteiger partial charge on any atom is -0.369 e. The second-order valence-corrected chi connectivity index (χ2v) is 9.21. The van der Waals surface area contributed by atoms with Crippen LogP contribution in [0.2, 0.25) is 0 Å². The molecule has 2 aromatic heterocycles. The summed E-state index contributed by atoms with van der Waals surface area (Å²) >= 11 is 3.54. The molecule has 0 aromatic carbocycles. The third-order valence-corrected chi connectivity index (χ3v) is 7.03. The fraction of sp³-hybridized carbons (Fsp3) is 0.714. The number of thioether (sulfide) groups is 1. The lowest BCUT2D eigenvalue weighted by atomic mass is 9.97.